The Morgan fingerprint density at radius 2 is 2.10 bits per heavy atom. The first-order valence-electron chi connectivity index (χ1n) is 7.35. The smallest absolute Gasteiger partial charge is 0.240 e. The minimum absolute atomic E-state index is 0.122. The molecule has 1 atom stereocenters. The van der Waals surface area contributed by atoms with Gasteiger partial charge in [0.15, 0.2) is 0 Å². The van der Waals surface area contributed by atoms with Crippen LogP contribution >= 0.6 is 0 Å². The van der Waals surface area contributed by atoms with Crippen LogP contribution in [0.4, 0.5) is 0 Å². The fourth-order valence-electron chi connectivity index (χ4n) is 2.69. The summed E-state index contributed by atoms with van der Waals surface area (Å²) >= 11 is 0. The highest BCUT2D eigenvalue weighted by atomic mass is 16.3. The van der Waals surface area contributed by atoms with Crippen LogP contribution < -0.4 is 5.32 Å². The van der Waals surface area contributed by atoms with Gasteiger partial charge in [0, 0.05) is 25.7 Å². The number of amides is 1. The Labute approximate surface area is 120 Å². The molecule has 0 bridgehead atoms. The van der Waals surface area contributed by atoms with Crippen molar-refractivity contribution in [1.29, 1.82) is 0 Å². The largest absolute Gasteiger partial charge is 0.396 e. The predicted molar refractivity (Wildman–Crippen MR) is 79.3 cm³/mol. The summed E-state index contributed by atoms with van der Waals surface area (Å²) in [6.45, 7) is 5.53. The second-order valence-electron chi connectivity index (χ2n) is 5.61. The molecule has 0 radical (unpaired) electrons. The quantitative estimate of drug-likeness (QED) is 0.853. The van der Waals surface area contributed by atoms with E-state index < -0.39 is 0 Å². The maximum atomic E-state index is 12.6. The standard InChI is InChI=1S/C16H24N2O2/c1-12(2)18(8-5-9-19)16(20)15-10-13-6-3-4-7-14(13)11-17-15/h3-4,6-7,12,15,17,19H,5,8-11H2,1-2H3/t15-/m0/s1. The van der Waals surface area contributed by atoms with E-state index in [0.717, 1.165) is 13.0 Å². The summed E-state index contributed by atoms with van der Waals surface area (Å²) in [5, 5.41) is 12.3. The molecule has 0 saturated carbocycles. The molecule has 0 aromatic heterocycles. The molecule has 2 N–H and O–H groups in total. The third-order valence-corrected chi connectivity index (χ3v) is 3.84. The van der Waals surface area contributed by atoms with Crippen LogP contribution in [0.3, 0.4) is 0 Å². The third-order valence-electron chi connectivity index (χ3n) is 3.84. The van der Waals surface area contributed by atoms with Crippen molar-refractivity contribution in [2.24, 2.45) is 0 Å². The van der Waals surface area contributed by atoms with Crippen LogP contribution in [-0.2, 0) is 17.8 Å². The van der Waals surface area contributed by atoms with Crippen molar-refractivity contribution >= 4 is 5.91 Å². The Morgan fingerprint density at radius 1 is 1.40 bits per heavy atom. The van der Waals surface area contributed by atoms with E-state index in [1.54, 1.807) is 0 Å². The van der Waals surface area contributed by atoms with Gasteiger partial charge in [0.25, 0.3) is 0 Å². The second kappa shape index (κ2) is 6.86. The first-order chi connectivity index (χ1) is 9.63. The Balaban J connectivity index is 2.06. The maximum absolute atomic E-state index is 12.6. The number of benzene rings is 1. The highest BCUT2D eigenvalue weighted by Gasteiger charge is 2.28. The van der Waals surface area contributed by atoms with Gasteiger partial charge < -0.3 is 15.3 Å². The number of hydrogen-bond donors (Lipinski definition) is 2. The molecule has 1 aromatic rings. The number of nitrogens with one attached hydrogen (secondary N) is 1. The van der Waals surface area contributed by atoms with Gasteiger partial charge in [0.1, 0.15) is 0 Å². The molecular weight excluding hydrogens is 252 g/mol. The Kier molecular flexibility index (Phi) is 5.15. The molecule has 4 heteroatoms. The monoisotopic (exact) mass is 276 g/mol. The van der Waals surface area contributed by atoms with E-state index in [1.165, 1.54) is 11.1 Å². The number of aliphatic hydroxyl groups is 1. The molecule has 1 aliphatic rings. The number of carbonyl (C=O) groups is 1. The van der Waals surface area contributed by atoms with Gasteiger partial charge in [-0.05, 0) is 37.8 Å². The van der Waals surface area contributed by atoms with Gasteiger partial charge in [-0.1, -0.05) is 24.3 Å². The average molecular weight is 276 g/mol. The molecule has 0 unspecified atom stereocenters. The van der Waals surface area contributed by atoms with E-state index >= 15 is 0 Å². The van der Waals surface area contributed by atoms with E-state index in [0.29, 0.717) is 13.0 Å². The summed E-state index contributed by atoms with van der Waals surface area (Å²) in [6, 6.07) is 8.28. The van der Waals surface area contributed by atoms with Gasteiger partial charge in [-0.25, -0.2) is 0 Å². The fourth-order valence-corrected chi connectivity index (χ4v) is 2.69. The summed E-state index contributed by atoms with van der Waals surface area (Å²) in [4.78, 5) is 14.5. The lowest BCUT2D eigenvalue weighted by atomic mass is 9.95. The molecule has 1 aliphatic heterocycles. The van der Waals surface area contributed by atoms with Gasteiger partial charge in [-0.15, -0.1) is 0 Å². The number of aliphatic hydroxyl groups excluding tert-OH is 1. The van der Waals surface area contributed by atoms with Crippen molar-refractivity contribution in [3.8, 4) is 0 Å². The third kappa shape index (κ3) is 3.38. The van der Waals surface area contributed by atoms with Gasteiger partial charge in [-0.3, -0.25) is 4.79 Å². The van der Waals surface area contributed by atoms with Crippen molar-refractivity contribution < 1.29 is 9.90 Å². The summed E-state index contributed by atoms with van der Waals surface area (Å²) in [7, 11) is 0. The molecule has 0 fully saturated rings. The zero-order valence-corrected chi connectivity index (χ0v) is 12.3. The summed E-state index contributed by atoms with van der Waals surface area (Å²) < 4.78 is 0. The molecule has 2 rings (SSSR count). The minimum atomic E-state index is -0.147. The van der Waals surface area contributed by atoms with Crippen molar-refractivity contribution in [2.75, 3.05) is 13.2 Å². The van der Waals surface area contributed by atoms with Crippen LogP contribution in [0.5, 0.6) is 0 Å². The minimum Gasteiger partial charge on any atom is -0.396 e. The van der Waals surface area contributed by atoms with Crippen LogP contribution in [0, 0.1) is 0 Å². The van der Waals surface area contributed by atoms with Gasteiger partial charge in [0.05, 0.1) is 6.04 Å². The van der Waals surface area contributed by atoms with Crippen molar-refractivity contribution in [2.45, 2.75) is 45.3 Å². The van der Waals surface area contributed by atoms with Crippen molar-refractivity contribution in [3.63, 3.8) is 0 Å². The highest BCUT2D eigenvalue weighted by molar-refractivity contribution is 5.82. The number of fused-ring (bicyclic) bond motifs is 1. The van der Waals surface area contributed by atoms with E-state index in [1.807, 2.05) is 30.9 Å². The lowest BCUT2D eigenvalue weighted by Gasteiger charge is -2.33. The lowest BCUT2D eigenvalue weighted by Crippen LogP contribution is -2.51. The lowest BCUT2D eigenvalue weighted by molar-refractivity contribution is -0.135. The number of hydrogen-bond acceptors (Lipinski definition) is 3. The predicted octanol–water partition coefficient (Wildman–Crippen LogP) is 1.32. The van der Waals surface area contributed by atoms with Crippen LogP contribution in [0.2, 0.25) is 0 Å². The fraction of sp³-hybridized carbons (Fsp3) is 0.562. The van der Waals surface area contributed by atoms with Gasteiger partial charge in [-0.2, -0.15) is 0 Å². The van der Waals surface area contributed by atoms with Crippen LogP contribution in [0.15, 0.2) is 24.3 Å². The Hall–Kier alpha value is -1.39. The van der Waals surface area contributed by atoms with Crippen LogP contribution in [0.25, 0.3) is 0 Å². The number of nitrogens with zero attached hydrogens (tertiary/aromatic N) is 1. The molecular formula is C16H24N2O2. The first-order valence-corrected chi connectivity index (χ1v) is 7.35. The molecule has 1 aromatic carbocycles. The highest BCUT2D eigenvalue weighted by Crippen LogP contribution is 2.18. The Bertz CT molecular complexity index is 460. The SMILES string of the molecule is CC(C)N(CCCO)C(=O)[C@@H]1Cc2ccccc2CN1. The average Bonchev–Trinajstić information content (AvgIpc) is 2.46. The molecule has 1 heterocycles. The maximum Gasteiger partial charge on any atom is 0.240 e. The molecule has 0 spiro atoms. The molecule has 1 amide bonds. The van der Waals surface area contributed by atoms with Crippen molar-refractivity contribution in [3.05, 3.63) is 35.4 Å². The molecule has 4 nitrogen and oxygen atoms in total. The number of carbonyl (C=O) groups excluding carboxylic acids is 1. The normalized spacial score (nSPS) is 17.9. The summed E-state index contributed by atoms with van der Waals surface area (Å²) in [5.41, 5.74) is 2.54. The van der Waals surface area contributed by atoms with Crippen molar-refractivity contribution in [1.82, 2.24) is 10.2 Å². The topological polar surface area (TPSA) is 52.6 Å². The van der Waals surface area contributed by atoms with E-state index in [4.69, 9.17) is 5.11 Å². The van der Waals surface area contributed by atoms with Gasteiger partial charge >= 0.3 is 0 Å². The summed E-state index contributed by atoms with van der Waals surface area (Å²) in [6.07, 6.45) is 1.38. The zero-order valence-electron chi connectivity index (χ0n) is 12.3. The molecule has 20 heavy (non-hydrogen) atoms. The molecule has 0 aliphatic carbocycles. The Morgan fingerprint density at radius 3 is 2.75 bits per heavy atom. The van der Waals surface area contributed by atoms with Crippen LogP contribution in [0.1, 0.15) is 31.4 Å². The van der Waals surface area contributed by atoms with Gasteiger partial charge in [0.2, 0.25) is 5.91 Å². The number of rotatable bonds is 5. The first kappa shape index (κ1) is 15.0. The van der Waals surface area contributed by atoms with E-state index in [9.17, 15) is 4.79 Å². The molecule has 0 saturated heterocycles. The molecule has 110 valence electrons. The summed E-state index contributed by atoms with van der Waals surface area (Å²) in [5.74, 6) is 0.142. The van der Waals surface area contributed by atoms with E-state index in [-0.39, 0.29) is 24.6 Å². The zero-order chi connectivity index (χ0) is 14.5. The van der Waals surface area contributed by atoms with Crippen LogP contribution in [-0.4, -0.2) is 41.1 Å². The van der Waals surface area contributed by atoms with E-state index in [2.05, 4.69) is 17.4 Å². The second-order valence-corrected chi connectivity index (χ2v) is 5.61.